The van der Waals surface area contributed by atoms with Crippen LogP contribution in [0.15, 0.2) is 46.9 Å². The van der Waals surface area contributed by atoms with E-state index in [-0.39, 0.29) is 11.7 Å². The summed E-state index contributed by atoms with van der Waals surface area (Å²) >= 11 is 1.38. The number of fused-ring (bicyclic) bond motifs is 1. The molecule has 1 aliphatic heterocycles. The number of aromatic amines is 1. The predicted octanol–water partition coefficient (Wildman–Crippen LogP) is 3.36. The quantitative estimate of drug-likeness (QED) is 0.525. The molecule has 1 aliphatic rings. The monoisotopic (exact) mass is 409 g/mol. The van der Waals surface area contributed by atoms with Crippen molar-refractivity contribution >= 4 is 32.7 Å². The van der Waals surface area contributed by atoms with Gasteiger partial charge in [0.25, 0.3) is 5.91 Å². The number of rotatable bonds is 5. The van der Waals surface area contributed by atoms with E-state index in [0.29, 0.717) is 17.3 Å². The zero-order valence-corrected chi connectivity index (χ0v) is 16.4. The van der Waals surface area contributed by atoms with Crippen molar-refractivity contribution in [1.82, 2.24) is 20.1 Å². The van der Waals surface area contributed by atoms with Crippen LogP contribution in [-0.2, 0) is 11.3 Å². The van der Waals surface area contributed by atoms with E-state index in [2.05, 4.69) is 25.4 Å². The van der Waals surface area contributed by atoms with Gasteiger partial charge in [-0.15, -0.1) is 0 Å². The van der Waals surface area contributed by atoms with Crippen molar-refractivity contribution in [1.29, 1.82) is 0 Å². The summed E-state index contributed by atoms with van der Waals surface area (Å²) in [5.41, 5.74) is 2.47. The van der Waals surface area contributed by atoms with E-state index >= 15 is 0 Å². The van der Waals surface area contributed by atoms with Gasteiger partial charge in [0.15, 0.2) is 16.5 Å². The van der Waals surface area contributed by atoms with Crippen LogP contribution in [0.1, 0.15) is 16.3 Å². The van der Waals surface area contributed by atoms with Crippen LogP contribution in [-0.4, -0.2) is 52.3 Å². The summed E-state index contributed by atoms with van der Waals surface area (Å²) in [5.74, 6) is 0.719. The fraction of sp³-hybridized carbons (Fsp3) is 0.250. The number of nitrogens with zero attached hydrogens (tertiary/aromatic N) is 3. The standard InChI is InChI=1S/C20H19N5O3S/c26-19(15-7-6-14(28-15)12-25-8-10-27-11-9-25)22-20-21-18-17(29-20)16(23-24-18)13-4-2-1-3-5-13/h1-7H,8-12H2,(H2,21,22,23,24,26). The van der Waals surface area contributed by atoms with Crippen molar-refractivity contribution < 1.29 is 13.9 Å². The molecule has 1 amide bonds. The van der Waals surface area contributed by atoms with Gasteiger partial charge >= 0.3 is 0 Å². The number of anilines is 1. The molecule has 9 heteroatoms. The number of aromatic nitrogens is 3. The normalized spacial score (nSPS) is 15.0. The summed E-state index contributed by atoms with van der Waals surface area (Å²) in [6, 6.07) is 13.4. The van der Waals surface area contributed by atoms with E-state index in [4.69, 9.17) is 9.15 Å². The van der Waals surface area contributed by atoms with Gasteiger partial charge in [0, 0.05) is 18.7 Å². The Labute approximate surface area is 170 Å². The van der Waals surface area contributed by atoms with Crippen LogP contribution in [0.4, 0.5) is 5.13 Å². The van der Waals surface area contributed by atoms with Crippen molar-refractivity contribution in [2.45, 2.75) is 6.54 Å². The Morgan fingerprint density at radius 3 is 2.83 bits per heavy atom. The van der Waals surface area contributed by atoms with Crippen molar-refractivity contribution in [3.8, 4) is 11.3 Å². The maximum Gasteiger partial charge on any atom is 0.293 e. The molecule has 0 aliphatic carbocycles. The van der Waals surface area contributed by atoms with E-state index in [9.17, 15) is 4.79 Å². The van der Waals surface area contributed by atoms with Crippen molar-refractivity contribution in [3.63, 3.8) is 0 Å². The molecular weight excluding hydrogens is 390 g/mol. The summed E-state index contributed by atoms with van der Waals surface area (Å²) in [5, 5.41) is 10.6. The minimum atomic E-state index is -0.316. The molecule has 148 valence electrons. The Bertz CT molecular complexity index is 1130. The number of furan rings is 1. The van der Waals surface area contributed by atoms with Gasteiger partial charge in [-0.1, -0.05) is 41.7 Å². The van der Waals surface area contributed by atoms with Crippen molar-refractivity contribution in [2.75, 3.05) is 31.6 Å². The molecular formula is C20H19N5O3S. The number of nitrogens with one attached hydrogen (secondary N) is 2. The number of hydrogen-bond acceptors (Lipinski definition) is 7. The van der Waals surface area contributed by atoms with Gasteiger partial charge in [-0.25, -0.2) is 4.98 Å². The molecule has 0 atom stereocenters. The summed E-state index contributed by atoms with van der Waals surface area (Å²) in [4.78, 5) is 19.2. The lowest BCUT2D eigenvalue weighted by atomic mass is 10.2. The fourth-order valence-corrected chi connectivity index (χ4v) is 4.21. The largest absolute Gasteiger partial charge is 0.455 e. The third-order valence-corrected chi connectivity index (χ3v) is 5.73. The van der Waals surface area contributed by atoms with Crippen molar-refractivity contribution in [2.24, 2.45) is 0 Å². The minimum Gasteiger partial charge on any atom is -0.455 e. The highest BCUT2D eigenvalue weighted by Crippen LogP contribution is 2.33. The number of amides is 1. The maximum absolute atomic E-state index is 12.6. The van der Waals surface area contributed by atoms with Crippen LogP contribution in [0.3, 0.4) is 0 Å². The van der Waals surface area contributed by atoms with E-state index in [1.807, 2.05) is 36.4 Å². The number of morpholine rings is 1. The topological polar surface area (TPSA) is 96.3 Å². The average Bonchev–Trinajstić information content (AvgIpc) is 3.45. The van der Waals surface area contributed by atoms with E-state index in [1.54, 1.807) is 6.07 Å². The van der Waals surface area contributed by atoms with Gasteiger partial charge in [0.05, 0.1) is 19.8 Å². The molecule has 1 saturated heterocycles. The van der Waals surface area contributed by atoms with Gasteiger partial charge in [0.1, 0.15) is 16.2 Å². The summed E-state index contributed by atoms with van der Waals surface area (Å²) in [7, 11) is 0. The first-order valence-electron chi connectivity index (χ1n) is 9.37. The SMILES string of the molecule is O=C(Nc1nc2[nH]nc(-c3ccccc3)c2s1)c1ccc(CN2CCOCC2)o1. The first kappa shape index (κ1) is 18.0. The molecule has 0 radical (unpaired) electrons. The number of carbonyl (C=O) groups excluding carboxylic acids is 1. The minimum absolute atomic E-state index is 0.272. The Balaban J connectivity index is 1.29. The molecule has 8 nitrogen and oxygen atoms in total. The van der Waals surface area contributed by atoms with Gasteiger partial charge < -0.3 is 9.15 Å². The van der Waals surface area contributed by atoms with Crippen LogP contribution >= 0.6 is 11.3 Å². The zero-order valence-electron chi connectivity index (χ0n) is 15.6. The van der Waals surface area contributed by atoms with E-state index < -0.39 is 0 Å². The van der Waals surface area contributed by atoms with E-state index in [0.717, 1.165) is 48.0 Å². The highest BCUT2D eigenvalue weighted by molar-refractivity contribution is 7.22. The third-order valence-electron chi connectivity index (χ3n) is 4.75. The average molecular weight is 409 g/mol. The number of carbonyl (C=O) groups is 1. The molecule has 2 N–H and O–H groups in total. The molecule has 5 rings (SSSR count). The lowest BCUT2D eigenvalue weighted by molar-refractivity contribution is 0.0312. The van der Waals surface area contributed by atoms with Gasteiger partial charge in [0.2, 0.25) is 0 Å². The summed E-state index contributed by atoms with van der Waals surface area (Å²) in [6.45, 7) is 3.86. The highest BCUT2D eigenvalue weighted by Gasteiger charge is 2.18. The molecule has 0 unspecified atom stereocenters. The lowest BCUT2D eigenvalue weighted by Gasteiger charge is -2.25. The molecule has 1 aromatic carbocycles. The number of H-pyrrole nitrogens is 1. The number of thiazole rings is 1. The third kappa shape index (κ3) is 3.80. The number of hydrogen-bond donors (Lipinski definition) is 2. The van der Waals surface area contributed by atoms with Gasteiger partial charge in [-0.05, 0) is 12.1 Å². The molecule has 29 heavy (non-hydrogen) atoms. The van der Waals surface area contributed by atoms with Crippen LogP contribution in [0, 0.1) is 0 Å². The van der Waals surface area contributed by atoms with E-state index in [1.165, 1.54) is 11.3 Å². The molecule has 4 aromatic rings. The second-order valence-corrected chi connectivity index (χ2v) is 7.74. The molecule has 0 saturated carbocycles. The Hall–Kier alpha value is -3.01. The Morgan fingerprint density at radius 1 is 1.17 bits per heavy atom. The highest BCUT2D eigenvalue weighted by atomic mass is 32.1. The van der Waals surface area contributed by atoms with Crippen LogP contribution in [0.2, 0.25) is 0 Å². The maximum atomic E-state index is 12.6. The van der Waals surface area contributed by atoms with Crippen LogP contribution < -0.4 is 5.32 Å². The first-order chi connectivity index (χ1) is 14.3. The lowest BCUT2D eigenvalue weighted by Crippen LogP contribution is -2.35. The van der Waals surface area contributed by atoms with Gasteiger partial charge in [-0.2, -0.15) is 5.10 Å². The number of benzene rings is 1. The number of ether oxygens (including phenoxy) is 1. The first-order valence-corrected chi connectivity index (χ1v) is 10.2. The molecule has 1 fully saturated rings. The second kappa shape index (κ2) is 7.78. The Kier molecular flexibility index (Phi) is 4.84. The van der Waals surface area contributed by atoms with Crippen LogP contribution in [0.5, 0.6) is 0 Å². The molecule has 3 aromatic heterocycles. The second-order valence-electron chi connectivity index (χ2n) is 6.74. The molecule has 0 spiro atoms. The summed E-state index contributed by atoms with van der Waals surface area (Å²) < 4.78 is 12.0. The molecule has 4 heterocycles. The zero-order chi connectivity index (χ0) is 19.6. The fourth-order valence-electron chi connectivity index (χ4n) is 3.28. The van der Waals surface area contributed by atoms with Crippen molar-refractivity contribution in [3.05, 3.63) is 54.0 Å². The van der Waals surface area contributed by atoms with Crippen LogP contribution in [0.25, 0.3) is 21.6 Å². The smallest absolute Gasteiger partial charge is 0.293 e. The predicted molar refractivity (Wildman–Crippen MR) is 110 cm³/mol. The Morgan fingerprint density at radius 2 is 2.00 bits per heavy atom. The van der Waals surface area contributed by atoms with Gasteiger partial charge in [-0.3, -0.25) is 20.1 Å². The summed E-state index contributed by atoms with van der Waals surface area (Å²) in [6.07, 6.45) is 0. The molecule has 0 bridgehead atoms.